The van der Waals surface area contributed by atoms with Crippen molar-refractivity contribution in [1.82, 2.24) is 5.32 Å². The van der Waals surface area contributed by atoms with Crippen molar-refractivity contribution in [2.45, 2.75) is 44.4 Å². The fraction of sp³-hybridized carbons (Fsp3) is 0.429. The van der Waals surface area contributed by atoms with Crippen LogP contribution in [0.3, 0.4) is 0 Å². The molecule has 4 rings (SSSR count). The fourth-order valence-corrected chi connectivity index (χ4v) is 5.05. The van der Waals surface area contributed by atoms with Gasteiger partial charge in [0, 0.05) is 30.0 Å². The van der Waals surface area contributed by atoms with Crippen LogP contribution >= 0.6 is 0 Å². The Balaban J connectivity index is 1.69. The Morgan fingerprint density at radius 1 is 0.806 bits per heavy atom. The molecule has 0 saturated carbocycles. The van der Waals surface area contributed by atoms with E-state index in [0.29, 0.717) is 59.5 Å². The van der Waals surface area contributed by atoms with E-state index in [-0.39, 0.29) is 29.9 Å². The van der Waals surface area contributed by atoms with E-state index in [2.05, 4.69) is 5.32 Å². The Bertz CT molecular complexity index is 1160. The molecule has 0 spiro atoms. The van der Waals surface area contributed by atoms with Gasteiger partial charge >= 0.3 is 0 Å². The highest BCUT2D eigenvalue weighted by molar-refractivity contribution is 6.02. The van der Waals surface area contributed by atoms with Gasteiger partial charge in [0.1, 0.15) is 0 Å². The minimum absolute atomic E-state index is 0.0188. The summed E-state index contributed by atoms with van der Waals surface area (Å²) in [5.74, 6) is 2.23. The second kappa shape index (κ2) is 10.9. The Labute approximate surface area is 211 Å². The molecule has 2 aromatic carbocycles. The smallest absolute Gasteiger partial charge is 0.225 e. The SMILES string of the molecule is CCCOc1ccc(C2CC(=O)NC3=C2C(=O)CC(c2cc(OC)c(OC)c(OC)c2)C3)cc1OC. The fourth-order valence-electron chi connectivity index (χ4n) is 5.05. The molecule has 0 fully saturated rings. The van der Waals surface area contributed by atoms with Crippen LogP contribution in [-0.4, -0.2) is 46.7 Å². The number of benzene rings is 2. The van der Waals surface area contributed by atoms with Gasteiger partial charge in [-0.05, 0) is 54.2 Å². The van der Waals surface area contributed by atoms with Crippen molar-refractivity contribution in [2.24, 2.45) is 0 Å². The number of amides is 1. The molecule has 1 amide bonds. The lowest BCUT2D eigenvalue weighted by Crippen LogP contribution is -2.38. The van der Waals surface area contributed by atoms with Gasteiger partial charge in [-0.3, -0.25) is 9.59 Å². The first kappa shape index (κ1) is 25.4. The van der Waals surface area contributed by atoms with Gasteiger partial charge in [0.15, 0.2) is 28.8 Å². The molecule has 0 radical (unpaired) electrons. The Morgan fingerprint density at radius 3 is 2.08 bits per heavy atom. The second-order valence-electron chi connectivity index (χ2n) is 8.94. The zero-order valence-electron chi connectivity index (χ0n) is 21.4. The molecule has 1 aliphatic carbocycles. The summed E-state index contributed by atoms with van der Waals surface area (Å²) in [6.45, 7) is 2.62. The number of ketones is 1. The summed E-state index contributed by atoms with van der Waals surface area (Å²) in [5.41, 5.74) is 3.09. The van der Waals surface area contributed by atoms with Crippen LogP contribution in [0.1, 0.15) is 55.6 Å². The van der Waals surface area contributed by atoms with E-state index in [1.165, 1.54) is 0 Å². The topological polar surface area (TPSA) is 92.3 Å². The summed E-state index contributed by atoms with van der Waals surface area (Å²) in [7, 11) is 6.26. The van der Waals surface area contributed by atoms with Gasteiger partial charge in [-0.2, -0.15) is 0 Å². The van der Waals surface area contributed by atoms with E-state index >= 15 is 0 Å². The third-order valence-electron chi connectivity index (χ3n) is 6.75. The molecule has 1 aliphatic heterocycles. The van der Waals surface area contributed by atoms with E-state index in [1.807, 2.05) is 37.3 Å². The van der Waals surface area contributed by atoms with E-state index in [4.69, 9.17) is 23.7 Å². The number of methoxy groups -OCH3 is 4. The molecule has 36 heavy (non-hydrogen) atoms. The zero-order valence-corrected chi connectivity index (χ0v) is 21.4. The van der Waals surface area contributed by atoms with Crippen LogP contribution < -0.4 is 29.0 Å². The average molecular weight is 496 g/mol. The monoisotopic (exact) mass is 495 g/mol. The Morgan fingerprint density at radius 2 is 1.47 bits per heavy atom. The van der Waals surface area contributed by atoms with Crippen molar-refractivity contribution >= 4 is 11.7 Å². The molecule has 8 nitrogen and oxygen atoms in total. The van der Waals surface area contributed by atoms with Crippen molar-refractivity contribution in [3.8, 4) is 28.7 Å². The van der Waals surface area contributed by atoms with Crippen molar-refractivity contribution in [3.05, 3.63) is 52.7 Å². The van der Waals surface area contributed by atoms with Gasteiger partial charge in [0.2, 0.25) is 11.7 Å². The summed E-state index contributed by atoms with van der Waals surface area (Å²) in [4.78, 5) is 26.3. The lowest BCUT2D eigenvalue weighted by atomic mass is 9.73. The van der Waals surface area contributed by atoms with Crippen LogP contribution in [0.4, 0.5) is 0 Å². The molecule has 192 valence electrons. The van der Waals surface area contributed by atoms with Gasteiger partial charge in [0.05, 0.1) is 35.0 Å². The number of carbonyl (C=O) groups is 2. The van der Waals surface area contributed by atoms with Crippen LogP contribution in [0.25, 0.3) is 0 Å². The number of allylic oxidation sites excluding steroid dienone is 2. The summed E-state index contributed by atoms with van der Waals surface area (Å²) < 4.78 is 27.7. The number of ether oxygens (including phenoxy) is 5. The van der Waals surface area contributed by atoms with Gasteiger partial charge in [-0.15, -0.1) is 0 Å². The standard InChI is InChI=1S/C28H33NO7/c1-6-9-36-22-8-7-16(12-23(22)32-2)19-15-26(31)29-20-10-17(11-21(30)27(19)20)18-13-24(33-3)28(35-5)25(14-18)34-4/h7-8,12-14,17,19H,6,9-11,15H2,1-5H3,(H,29,31). The van der Waals surface area contributed by atoms with Crippen molar-refractivity contribution in [1.29, 1.82) is 0 Å². The average Bonchev–Trinajstić information content (AvgIpc) is 2.89. The number of rotatable bonds is 9. The summed E-state index contributed by atoms with van der Waals surface area (Å²) in [5, 5.41) is 2.97. The van der Waals surface area contributed by atoms with E-state index in [0.717, 1.165) is 17.5 Å². The third kappa shape index (κ3) is 4.85. The van der Waals surface area contributed by atoms with Gasteiger partial charge < -0.3 is 29.0 Å². The van der Waals surface area contributed by atoms with Gasteiger partial charge in [-0.1, -0.05) is 13.0 Å². The van der Waals surface area contributed by atoms with Gasteiger partial charge in [-0.25, -0.2) is 0 Å². The van der Waals surface area contributed by atoms with Crippen molar-refractivity contribution < 1.29 is 33.3 Å². The number of nitrogens with one attached hydrogen (secondary N) is 1. The zero-order chi connectivity index (χ0) is 25.8. The maximum atomic E-state index is 13.5. The number of hydrogen-bond acceptors (Lipinski definition) is 7. The quantitative estimate of drug-likeness (QED) is 0.547. The van der Waals surface area contributed by atoms with Crippen LogP contribution in [0.5, 0.6) is 28.7 Å². The molecule has 2 aliphatic rings. The molecule has 2 unspecified atom stereocenters. The first-order chi connectivity index (χ1) is 17.4. The first-order valence-electron chi connectivity index (χ1n) is 12.1. The molecule has 0 saturated heterocycles. The number of Topliss-reactive ketones (excluding diaryl/α,β-unsaturated/α-hetero) is 1. The maximum absolute atomic E-state index is 13.5. The third-order valence-corrected chi connectivity index (χ3v) is 6.75. The minimum atomic E-state index is -0.337. The summed E-state index contributed by atoms with van der Waals surface area (Å²) in [6, 6.07) is 9.37. The van der Waals surface area contributed by atoms with Crippen molar-refractivity contribution in [2.75, 3.05) is 35.0 Å². The highest BCUT2D eigenvalue weighted by Crippen LogP contribution is 2.47. The summed E-state index contributed by atoms with van der Waals surface area (Å²) >= 11 is 0. The van der Waals surface area contributed by atoms with E-state index < -0.39 is 0 Å². The molecule has 2 atom stereocenters. The molecular weight excluding hydrogens is 462 g/mol. The highest BCUT2D eigenvalue weighted by atomic mass is 16.5. The van der Waals surface area contributed by atoms with Crippen molar-refractivity contribution in [3.63, 3.8) is 0 Å². The lowest BCUT2D eigenvalue weighted by molar-refractivity contribution is -0.122. The Hall–Kier alpha value is -3.68. The first-order valence-corrected chi connectivity index (χ1v) is 12.1. The number of carbonyl (C=O) groups excluding carboxylic acids is 2. The van der Waals surface area contributed by atoms with Crippen LogP contribution in [0.2, 0.25) is 0 Å². The minimum Gasteiger partial charge on any atom is -0.493 e. The van der Waals surface area contributed by atoms with Crippen LogP contribution in [-0.2, 0) is 9.59 Å². The maximum Gasteiger partial charge on any atom is 0.225 e. The molecule has 0 aromatic heterocycles. The molecule has 1 heterocycles. The highest BCUT2D eigenvalue weighted by Gasteiger charge is 2.39. The van der Waals surface area contributed by atoms with Crippen LogP contribution in [0, 0.1) is 0 Å². The molecule has 1 N–H and O–H groups in total. The van der Waals surface area contributed by atoms with Gasteiger partial charge in [0.25, 0.3) is 0 Å². The molecule has 0 bridgehead atoms. The largest absolute Gasteiger partial charge is 0.493 e. The number of hydrogen-bond donors (Lipinski definition) is 1. The van der Waals surface area contributed by atoms with E-state index in [1.54, 1.807) is 28.4 Å². The lowest BCUT2D eigenvalue weighted by Gasteiger charge is -2.35. The molecule has 8 heteroatoms. The molecular formula is C28H33NO7. The predicted octanol–water partition coefficient (Wildman–Crippen LogP) is 4.51. The second-order valence-corrected chi connectivity index (χ2v) is 8.94. The molecule has 2 aromatic rings. The normalized spacial score (nSPS) is 19.4. The predicted molar refractivity (Wildman–Crippen MR) is 134 cm³/mol. The summed E-state index contributed by atoms with van der Waals surface area (Å²) in [6.07, 6.45) is 1.93. The van der Waals surface area contributed by atoms with Crippen LogP contribution in [0.15, 0.2) is 41.6 Å². The Kier molecular flexibility index (Phi) is 7.72. The van der Waals surface area contributed by atoms with E-state index in [9.17, 15) is 9.59 Å².